The SMILES string of the molecule is COc1cc(Nc2ncc(CCc3c(F)c(C)cc(OC)c3F)cn2)ccc1N1CCCC(N2CCN(C)CC2)C1. The first-order valence-electron chi connectivity index (χ1n) is 14.3. The van der Waals surface area contributed by atoms with Crippen molar-refractivity contribution in [2.75, 3.05) is 70.8 Å². The van der Waals surface area contributed by atoms with Gasteiger partial charge in [0, 0.05) is 75.0 Å². The fourth-order valence-electron chi connectivity index (χ4n) is 5.80. The average Bonchev–Trinajstić information content (AvgIpc) is 3.00. The summed E-state index contributed by atoms with van der Waals surface area (Å²) < 4.78 is 40.0. The van der Waals surface area contributed by atoms with E-state index in [4.69, 9.17) is 9.47 Å². The van der Waals surface area contributed by atoms with E-state index in [1.54, 1.807) is 26.4 Å². The third-order valence-electron chi connectivity index (χ3n) is 8.26. The van der Waals surface area contributed by atoms with Gasteiger partial charge in [0.15, 0.2) is 11.6 Å². The quantitative estimate of drug-likeness (QED) is 0.396. The van der Waals surface area contributed by atoms with Crippen LogP contribution in [0.4, 0.5) is 26.1 Å². The number of benzene rings is 2. The Kier molecular flexibility index (Phi) is 9.19. The molecule has 2 aliphatic heterocycles. The molecular weight excluding hydrogens is 526 g/mol. The van der Waals surface area contributed by atoms with Gasteiger partial charge in [-0.3, -0.25) is 4.90 Å². The summed E-state index contributed by atoms with van der Waals surface area (Å²) in [4.78, 5) is 16.3. The number of halogens is 2. The third kappa shape index (κ3) is 6.70. The minimum atomic E-state index is -0.661. The Morgan fingerprint density at radius 3 is 2.37 bits per heavy atom. The van der Waals surface area contributed by atoms with E-state index in [1.165, 1.54) is 19.6 Å². The van der Waals surface area contributed by atoms with Gasteiger partial charge in [-0.25, -0.2) is 18.7 Å². The molecule has 3 aromatic rings. The smallest absolute Gasteiger partial charge is 0.227 e. The van der Waals surface area contributed by atoms with Crippen LogP contribution >= 0.6 is 0 Å². The summed E-state index contributed by atoms with van der Waals surface area (Å²) in [5.74, 6) is 0.0895. The van der Waals surface area contributed by atoms with Crippen LogP contribution in [0.2, 0.25) is 0 Å². The summed E-state index contributed by atoms with van der Waals surface area (Å²) >= 11 is 0. The Bertz CT molecular complexity index is 1330. The number of methoxy groups -OCH3 is 2. The standard InChI is InChI=1S/C31H40F2N6O2/c1-21-16-28(41-4)30(33)25(29(21)32)9-7-22-18-34-31(35-19-22)36-23-8-10-26(27(17-23)40-3)39-11-5-6-24(20-39)38-14-12-37(2)13-15-38/h8,10,16-19,24H,5-7,9,11-15,20H2,1-4H3,(H,34,35,36). The number of piperidine rings is 1. The lowest BCUT2D eigenvalue weighted by atomic mass is 10.0. The van der Waals surface area contributed by atoms with Gasteiger partial charge in [-0.1, -0.05) is 0 Å². The molecule has 5 rings (SSSR count). The van der Waals surface area contributed by atoms with Crippen LogP contribution in [0.25, 0.3) is 0 Å². The number of nitrogens with zero attached hydrogens (tertiary/aromatic N) is 5. The van der Waals surface area contributed by atoms with Gasteiger partial charge in [0.05, 0.1) is 19.9 Å². The lowest BCUT2D eigenvalue weighted by molar-refractivity contribution is 0.102. The van der Waals surface area contributed by atoms with E-state index < -0.39 is 11.6 Å². The van der Waals surface area contributed by atoms with E-state index in [2.05, 4.69) is 43.1 Å². The Morgan fingerprint density at radius 2 is 1.66 bits per heavy atom. The first-order chi connectivity index (χ1) is 19.9. The molecule has 1 N–H and O–H groups in total. The van der Waals surface area contributed by atoms with E-state index in [9.17, 15) is 8.78 Å². The second kappa shape index (κ2) is 13.0. The molecule has 220 valence electrons. The van der Waals surface area contributed by atoms with Crippen molar-refractivity contribution in [1.82, 2.24) is 19.8 Å². The zero-order valence-corrected chi connectivity index (χ0v) is 24.4. The number of hydrogen-bond acceptors (Lipinski definition) is 8. The van der Waals surface area contributed by atoms with Gasteiger partial charge in [0.25, 0.3) is 0 Å². The van der Waals surface area contributed by atoms with Crippen LogP contribution in [0, 0.1) is 18.6 Å². The predicted octanol–water partition coefficient (Wildman–Crippen LogP) is 4.83. The van der Waals surface area contributed by atoms with Crippen LogP contribution in [0.15, 0.2) is 36.7 Å². The highest BCUT2D eigenvalue weighted by Gasteiger charge is 2.28. The maximum Gasteiger partial charge on any atom is 0.227 e. The Labute approximate surface area is 241 Å². The van der Waals surface area contributed by atoms with Gasteiger partial charge in [0.2, 0.25) is 5.95 Å². The average molecular weight is 567 g/mol. The van der Waals surface area contributed by atoms with E-state index in [1.807, 2.05) is 12.1 Å². The van der Waals surface area contributed by atoms with E-state index >= 15 is 0 Å². The molecule has 1 aromatic heterocycles. The summed E-state index contributed by atoms with van der Waals surface area (Å²) in [6, 6.07) is 8.03. The minimum absolute atomic E-state index is 0.0137. The Hall–Kier alpha value is -3.50. The number of piperazine rings is 1. The van der Waals surface area contributed by atoms with Gasteiger partial charge in [-0.15, -0.1) is 0 Å². The van der Waals surface area contributed by atoms with E-state index in [0.29, 0.717) is 24.0 Å². The van der Waals surface area contributed by atoms with E-state index in [0.717, 1.165) is 68.4 Å². The van der Waals surface area contributed by atoms with Crippen molar-refractivity contribution in [3.05, 3.63) is 65.0 Å². The summed E-state index contributed by atoms with van der Waals surface area (Å²) in [6.45, 7) is 8.13. The number of rotatable bonds is 9. The molecule has 2 saturated heterocycles. The van der Waals surface area contributed by atoms with Gasteiger partial charge in [-0.05, 0) is 69.0 Å². The summed E-state index contributed by atoms with van der Waals surface area (Å²) in [6.07, 6.45) is 6.33. The maximum atomic E-state index is 14.6. The van der Waals surface area contributed by atoms with Crippen LogP contribution in [0.1, 0.15) is 29.5 Å². The highest BCUT2D eigenvalue weighted by molar-refractivity contribution is 5.67. The molecule has 41 heavy (non-hydrogen) atoms. The van der Waals surface area contributed by atoms with Gasteiger partial charge >= 0.3 is 0 Å². The molecule has 2 aliphatic rings. The zero-order valence-electron chi connectivity index (χ0n) is 24.4. The first kappa shape index (κ1) is 29.0. The molecule has 0 bridgehead atoms. The van der Waals surface area contributed by atoms with Crippen LogP contribution in [-0.4, -0.2) is 86.3 Å². The van der Waals surface area contributed by atoms with Crippen molar-refractivity contribution in [2.45, 2.75) is 38.6 Å². The highest BCUT2D eigenvalue weighted by atomic mass is 19.1. The van der Waals surface area contributed by atoms with Crippen LogP contribution in [-0.2, 0) is 12.8 Å². The van der Waals surface area contributed by atoms with Crippen molar-refractivity contribution in [3.63, 3.8) is 0 Å². The van der Waals surface area contributed by atoms with Crippen molar-refractivity contribution in [1.29, 1.82) is 0 Å². The number of ether oxygens (including phenoxy) is 2. The minimum Gasteiger partial charge on any atom is -0.495 e. The van der Waals surface area contributed by atoms with Crippen molar-refractivity contribution in [3.8, 4) is 11.5 Å². The molecule has 1 unspecified atom stereocenters. The monoisotopic (exact) mass is 566 g/mol. The van der Waals surface area contributed by atoms with Crippen LogP contribution < -0.4 is 19.7 Å². The fraction of sp³-hybridized carbons (Fsp3) is 0.484. The normalized spacial score (nSPS) is 18.4. The lowest BCUT2D eigenvalue weighted by Crippen LogP contribution is -2.54. The van der Waals surface area contributed by atoms with Crippen LogP contribution in [0.3, 0.4) is 0 Å². The molecule has 0 amide bonds. The first-order valence-corrected chi connectivity index (χ1v) is 14.3. The number of likely N-dealkylation sites (N-methyl/N-ethyl adjacent to an activating group) is 1. The third-order valence-corrected chi connectivity index (χ3v) is 8.26. The molecular formula is C31H40F2N6O2. The maximum absolute atomic E-state index is 14.6. The second-order valence-corrected chi connectivity index (χ2v) is 11.0. The molecule has 2 aromatic carbocycles. The predicted molar refractivity (Wildman–Crippen MR) is 158 cm³/mol. The number of aryl methyl sites for hydroxylation is 2. The number of hydrogen-bond donors (Lipinski definition) is 1. The number of aromatic nitrogens is 2. The van der Waals surface area contributed by atoms with Crippen molar-refractivity contribution < 1.29 is 18.3 Å². The summed E-state index contributed by atoms with van der Waals surface area (Å²) in [7, 11) is 5.27. The topological polar surface area (TPSA) is 66.0 Å². The molecule has 0 saturated carbocycles. The molecule has 8 nitrogen and oxygen atoms in total. The molecule has 2 fully saturated rings. The summed E-state index contributed by atoms with van der Waals surface area (Å²) in [5, 5.41) is 3.25. The number of nitrogens with one attached hydrogen (secondary N) is 1. The van der Waals surface area contributed by atoms with Gasteiger partial charge in [0.1, 0.15) is 11.6 Å². The molecule has 0 spiro atoms. The molecule has 1 atom stereocenters. The number of anilines is 3. The Balaban J connectivity index is 1.21. The molecule has 0 radical (unpaired) electrons. The van der Waals surface area contributed by atoms with Crippen molar-refractivity contribution >= 4 is 17.3 Å². The lowest BCUT2D eigenvalue weighted by Gasteiger charge is -2.43. The molecule has 10 heteroatoms. The van der Waals surface area contributed by atoms with Gasteiger partial charge in [-0.2, -0.15) is 0 Å². The Morgan fingerprint density at radius 1 is 0.927 bits per heavy atom. The van der Waals surface area contributed by atoms with Gasteiger partial charge < -0.3 is 24.6 Å². The second-order valence-electron chi connectivity index (χ2n) is 11.0. The summed E-state index contributed by atoms with van der Waals surface area (Å²) in [5.41, 5.74) is 3.07. The van der Waals surface area contributed by atoms with Crippen molar-refractivity contribution in [2.24, 2.45) is 0 Å². The molecule has 3 heterocycles. The fourth-order valence-corrected chi connectivity index (χ4v) is 5.80. The van der Waals surface area contributed by atoms with E-state index in [-0.39, 0.29) is 17.7 Å². The zero-order chi connectivity index (χ0) is 28.9. The highest BCUT2D eigenvalue weighted by Crippen LogP contribution is 2.34. The molecule has 0 aliphatic carbocycles. The van der Waals surface area contributed by atoms with Crippen LogP contribution in [0.5, 0.6) is 11.5 Å². The largest absolute Gasteiger partial charge is 0.495 e.